The first-order chi connectivity index (χ1) is 30.7. The van der Waals surface area contributed by atoms with Crippen molar-refractivity contribution >= 4 is 71.2 Å². The lowest BCUT2D eigenvalue weighted by Crippen LogP contribution is -2.10. The Balaban J connectivity index is 0.972. The van der Waals surface area contributed by atoms with Crippen LogP contribution in [-0.2, 0) is 0 Å². The summed E-state index contributed by atoms with van der Waals surface area (Å²) in [6.45, 7) is 0. The molecule has 1 aromatic heterocycles. The number of para-hydroxylation sites is 2. The van der Waals surface area contributed by atoms with Gasteiger partial charge in [0.1, 0.15) is 0 Å². The van der Waals surface area contributed by atoms with E-state index in [1.54, 1.807) is 0 Å². The summed E-state index contributed by atoms with van der Waals surface area (Å²) < 4.78 is 2.39. The van der Waals surface area contributed by atoms with E-state index >= 15 is 0 Å². The van der Waals surface area contributed by atoms with Crippen LogP contribution in [0.2, 0.25) is 0 Å². The van der Waals surface area contributed by atoms with Gasteiger partial charge in [-0.2, -0.15) is 0 Å². The third kappa shape index (κ3) is 6.04. The zero-order valence-corrected chi connectivity index (χ0v) is 34.0. The molecule has 0 amide bonds. The monoisotopic (exact) mass is 788 g/mol. The minimum atomic E-state index is 1.10. The molecule has 0 atom stereocenters. The van der Waals surface area contributed by atoms with E-state index in [1.807, 2.05) is 0 Å². The first kappa shape index (κ1) is 35.7. The van der Waals surface area contributed by atoms with E-state index in [4.69, 9.17) is 0 Å². The summed E-state index contributed by atoms with van der Waals surface area (Å²) in [5.74, 6) is 0. The molecule has 0 aliphatic rings. The van der Waals surface area contributed by atoms with E-state index in [2.05, 4.69) is 252 Å². The van der Waals surface area contributed by atoms with Gasteiger partial charge in [0.25, 0.3) is 0 Å². The summed E-state index contributed by atoms with van der Waals surface area (Å²) in [5, 5.41) is 10.0. The predicted octanol–water partition coefficient (Wildman–Crippen LogP) is 16.7. The van der Waals surface area contributed by atoms with Crippen LogP contribution in [0.1, 0.15) is 0 Å². The molecule has 290 valence electrons. The second kappa shape index (κ2) is 14.8. The molecule has 11 aromatic carbocycles. The lowest BCUT2D eigenvalue weighted by molar-refractivity contribution is 1.18. The highest BCUT2D eigenvalue weighted by Gasteiger charge is 2.18. The second-order valence-electron chi connectivity index (χ2n) is 16.1. The van der Waals surface area contributed by atoms with Crippen molar-refractivity contribution in [2.45, 2.75) is 0 Å². The van der Waals surface area contributed by atoms with Crippen molar-refractivity contribution < 1.29 is 0 Å². The van der Waals surface area contributed by atoms with Crippen molar-refractivity contribution in [2.24, 2.45) is 0 Å². The summed E-state index contributed by atoms with van der Waals surface area (Å²) in [7, 11) is 0. The molecule has 0 fully saturated rings. The maximum absolute atomic E-state index is 2.39. The van der Waals surface area contributed by atoms with Crippen molar-refractivity contribution in [1.29, 1.82) is 0 Å². The quantitative estimate of drug-likeness (QED) is 0.146. The van der Waals surface area contributed by atoms with Crippen LogP contribution in [0.25, 0.3) is 93.2 Å². The molecule has 2 nitrogen and oxygen atoms in total. The molecular formula is C60H40N2. The number of aromatic nitrogens is 1. The van der Waals surface area contributed by atoms with Gasteiger partial charge < -0.3 is 9.47 Å². The lowest BCUT2D eigenvalue weighted by Gasteiger charge is -2.27. The Bertz CT molecular complexity index is 3640. The number of nitrogens with zero attached hydrogens (tertiary/aromatic N) is 2. The van der Waals surface area contributed by atoms with E-state index in [0.717, 1.165) is 28.3 Å². The van der Waals surface area contributed by atoms with E-state index < -0.39 is 0 Å². The molecule has 12 aromatic rings. The molecule has 12 rings (SSSR count). The van der Waals surface area contributed by atoms with E-state index in [0.29, 0.717) is 0 Å². The number of hydrogen-bond acceptors (Lipinski definition) is 1. The van der Waals surface area contributed by atoms with Crippen LogP contribution in [0.15, 0.2) is 243 Å². The molecular weight excluding hydrogens is 749 g/mol. The van der Waals surface area contributed by atoms with Gasteiger partial charge in [-0.15, -0.1) is 0 Å². The van der Waals surface area contributed by atoms with Gasteiger partial charge in [-0.25, -0.2) is 0 Å². The second-order valence-corrected chi connectivity index (χ2v) is 16.1. The maximum atomic E-state index is 2.39. The molecule has 0 bridgehead atoms. The van der Waals surface area contributed by atoms with Gasteiger partial charge in [0, 0.05) is 33.5 Å². The van der Waals surface area contributed by atoms with Gasteiger partial charge in [-0.3, -0.25) is 0 Å². The van der Waals surface area contributed by atoms with Crippen LogP contribution < -0.4 is 4.90 Å². The molecule has 0 N–H and O–H groups in total. The minimum Gasteiger partial charge on any atom is -0.310 e. The van der Waals surface area contributed by atoms with Crippen LogP contribution in [0.4, 0.5) is 17.1 Å². The third-order valence-corrected chi connectivity index (χ3v) is 12.5. The molecule has 0 radical (unpaired) electrons. The highest BCUT2D eigenvalue weighted by Crippen LogP contribution is 2.42. The van der Waals surface area contributed by atoms with Gasteiger partial charge in [0.2, 0.25) is 0 Å². The van der Waals surface area contributed by atoms with Crippen LogP contribution in [0, 0.1) is 0 Å². The fourth-order valence-electron chi connectivity index (χ4n) is 9.65. The zero-order valence-electron chi connectivity index (χ0n) is 34.0. The Morgan fingerprint density at radius 3 is 1.71 bits per heavy atom. The predicted molar refractivity (Wildman–Crippen MR) is 264 cm³/mol. The summed E-state index contributed by atoms with van der Waals surface area (Å²) in [5.41, 5.74) is 14.1. The number of anilines is 3. The topological polar surface area (TPSA) is 8.17 Å². The fraction of sp³-hybridized carbons (Fsp3) is 0. The van der Waals surface area contributed by atoms with Crippen molar-refractivity contribution in [3.8, 4) is 39.1 Å². The number of hydrogen-bond donors (Lipinski definition) is 0. The minimum absolute atomic E-state index is 1.10. The van der Waals surface area contributed by atoms with Gasteiger partial charge in [0.05, 0.1) is 11.0 Å². The van der Waals surface area contributed by atoms with E-state index in [1.165, 1.54) is 81.9 Å². The molecule has 0 aliphatic heterocycles. The van der Waals surface area contributed by atoms with Crippen LogP contribution >= 0.6 is 0 Å². The van der Waals surface area contributed by atoms with Crippen LogP contribution in [-0.4, -0.2) is 4.57 Å². The third-order valence-electron chi connectivity index (χ3n) is 12.5. The highest BCUT2D eigenvalue weighted by atomic mass is 15.1. The molecule has 1 heterocycles. The smallest absolute Gasteiger partial charge is 0.0547 e. The molecule has 2 heteroatoms. The largest absolute Gasteiger partial charge is 0.310 e. The first-order valence-electron chi connectivity index (χ1n) is 21.3. The molecule has 0 aliphatic carbocycles. The molecule has 62 heavy (non-hydrogen) atoms. The number of fused-ring (bicyclic) bond motifs is 7. The number of benzene rings is 11. The molecule has 0 unspecified atom stereocenters. The van der Waals surface area contributed by atoms with Gasteiger partial charge in [-0.1, -0.05) is 170 Å². The summed E-state index contributed by atoms with van der Waals surface area (Å²) in [6.07, 6.45) is 0. The van der Waals surface area contributed by atoms with Crippen molar-refractivity contribution in [3.05, 3.63) is 243 Å². The fourth-order valence-corrected chi connectivity index (χ4v) is 9.65. The maximum Gasteiger partial charge on any atom is 0.0547 e. The Hall–Kier alpha value is -8.20. The zero-order chi connectivity index (χ0) is 41.0. The van der Waals surface area contributed by atoms with Crippen molar-refractivity contribution in [3.63, 3.8) is 0 Å². The molecule has 0 spiro atoms. The van der Waals surface area contributed by atoms with Crippen LogP contribution in [0.3, 0.4) is 0 Å². The average molecular weight is 789 g/mol. The summed E-state index contributed by atoms with van der Waals surface area (Å²) in [4.78, 5) is 2.39. The van der Waals surface area contributed by atoms with Crippen molar-refractivity contribution in [2.75, 3.05) is 4.90 Å². The Kier molecular flexibility index (Phi) is 8.53. The first-order valence-corrected chi connectivity index (χ1v) is 21.3. The van der Waals surface area contributed by atoms with E-state index in [9.17, 15) is 0 Å². The lowest BCUT2D eigenvalue weighted by atomic mass is 9.93. The normalized spacial score (nSPS) is 11.5. The SMILES string of the molecule is c1ccc(-n2c3ccccc3c3c(-c4cccc(-c5cccc(N(c6ccc(-c7cc8ccccc8c8ccccc78)cc6)c6ccc7ccccc7c6)c5)c4)cccc32)cc1. The summed E-state index contributed by atoms with van der Waals surface area (Å²) >= 11 is 0. The average Bonchev–Trinajstić information content (AvgIpc) is 3.69. The Morgan fingerprint density at radius 1 is 0.274 bits per heavy atom. The molecule has 0 saturated heterocycles. The van der Waals surface area contributed by atoms with Gasteiger partial charge in [-0.05, 0) is 138 Å². The van der Waals surface area contributed by atoms with Gasteiger partial charge in [0.15, 0.2) is 0 Å². The summed E-state index contributed by atoms with van der Waals surface area (Å²) in [6, 6.07) is 88.5. The Morgan fingerprint density at radius 2 is 0.871 bits per heavy atom. The van der Waals surface area contributed by atoms with Gasteiger partial charge >= 0.3 is 0 Å². The van der Waals surface area contributed by atoms with Crippen LogP contribution in [0.5, 0.6) is 0 Å². The Labute approximate surface area is 360 Å². The van der Waals surface area contributed by atoms with E-state index in [-0.39, 0.29) is 0 Å². The number of rotatable bonds is 7. The van der Waals surface area contributed by atoms with Crippen molar-refractivity contribution in [1.82, 2.24) is 4.57 Å². The standard InChI is InChI=1S/C60H40N2/c1-2-21-48(22-3-1)62-58-29-11-10-27-56(58)60-53(28-14-30-59(60)62)46-20-12-18-43(37-46)45-19-13-23-50(39-45)61(51-36-31-41-15-4-5-16-44(41)38-51)49-34-32-42(33-35-49)57-40-47-17-6-7-24-52(47)54-25-8-9-26-55(54)57/h1-40H. The highest BCUT2D eigenvalue weighted by molar-refractivity contribution is 6.16. The molecule has 0 saturated carbocycles.